The molecule has 1 aliphatic heterocycles. The standard InChI is InChI=1S/C17H22N2O3S/c20-11-12-5-6-13(9-12)18-17(22)15-4-1-7-19(15)16(21)10-14-3-2-8-23-14/h2-3,5-6,8,12-13,15,20H,1,4,7,9-11H2,(H,18,22)/t12-,13+,15?/m0/s1. The molecule has 0 aromatic carbocycles. The minimum absolute atomic E-state index is 0.0281. The molecule has 3 rings (SSSR count). The third-order valence-corrected chi connectivity index (χ3v) is 5.39. The van der Waals surface area contributed by atoms with Gasteiger partial charge in [-0.1, -0.05) is 18.2 Å². The van der Waals surface area contributed by atoms with Gasteiger partial charge in [0.1, 0.15) is 6.04 Å². The summed E-state index contributed by atoms with van der Waals surface area (Å²) < 4.78 is 0. The van der Waals surface area contributed by atoms with Crippen molar-refractivity contribution in [1.29, 1.82) is 0 Å². The monoisotopic (exact) mass is 334 g/mol. The number of carbonyl (C=O) groups is 2. The van der Waals surface area contributed by atoms with Crippen molar-refractivity contribution >= 4 is 23.2 Å². The molecule has 6 heteroatoms. The Kier molecular flexibility index (Phi) is 5.13. The van der Waals surface area contributed by atoms with Crippen molar-refractivity contribution in [2.45, 2.75) is 37.8 Å². The van der Waals surface area contributed by atoms with Gasteiger partial charge in [0, 0.05) is 30.0 Å². The van der Waals surface area contributed by atoms with Crippen molar-refractivity contribution in [3.05, 3.63) is 34.5 Å². The number of hydrogen-bond acceptors (Lipinski definition) is 4. The lowest BCUT2D eigenvalue weighted by Crippen LogP contribution is -2.48. The van der Waals surface area contributed by atoms with Gasteiger partial charge in [0.05, 0.1) is 6.42 Å². The number of aliphatic hydroxyl groups is 1. The number of nitrogens with one attached hydrogen (secondary N) is 1. The van der Waals surface area contributed by atoms with Crippen molar-refractivity contribution in [3.63, 3.8) is 0 Å². The van der Waals surface area contributed by atoms with Gasteiger partial charge in [0.15, 0.2) is 0 Å². The summed E-state index contributed by atoms with van der Waals surface area (Å²) in [5.41, 5.74) is 0. The summed E-state index contributed by atoms with van der Waals surface area (Å²) in [7, 11) is 0. The summed E-state index contributed by atoms with van der Waals surface area (Å²) in [4.78, 5) is 27.7. The first-order chi connectivity index (χ1) is 11.2. The van der Waals surface area contributed by atoms with E-state index in [0.717, 1.165) is 24.1 Å². The molecule has 0 bridgehead atoms. The van der Waals surface area contributed by atoms with Gasteiger partial charge in [-0.25, -0.2) is 0 Å². The Balaban J connectivity index is 1.56. The molecule has 1 aliphatic carbocycles. The number of aliphatic hydroxyl groups excluding tert-OH is 1. The molecule has 124 valence electrons. The highest BCUT2D eigenvalue weighted by Crippen LogP contribution is 2.22. The van der Waals surface area contributed by atoms with E-state index in [4.69, 9.17) is 5.11 Å². The van der Waals surface area contributed by atoms with Gasteiger partial charge in [-0.15, -0.1) is 11.3 Å². The third kappa shape index (κ3) is 3.82. The molecule has 0 saturated carbocycles. The van der Waals surface area contributed by atoms with E-state index in [0.29, 0.717) is 13.0 Å². The molecule has 1 fully saturated rings. The highest BCUT2D eigenvalue weighted by Gasteiger charge is 2.35. The molecule has 5 nitrogen and oxygen atoms in total. The molecule has 1 unspecified atom stereocenters. The van der Waals surface area contributed by atoms with Crippen LogP contribution in [0.1, 0.15) is 24.1 Å². The van der Waals surface area contributed by atoms with Crippen LogP contribution in [0, 0.1) is 5.92 Å². The van der Waals surface area contributed by atoms with Crippen LogP contribution in [0.5, 0.6) is 0 Å². The second kappa shape index (κ2) is 7.27. The van der Waals surface area contributed by atoms with Crippen molar-refractivity contribution in [2.24, 2.45) is 5.92 Å². The van der Waals surface area contributed by atoms with Crippen LogP contribution in [-0.4, -0.2) is 47.1 Å². The zero-order valence-corrected chi connectivity index (χ0v) is 13.8. The Bertz CT molecular complexity index is 585. The average Bonchev–Trinajstić information content (AvgIpc) is 3.28. The topological polar surface area (TPSA) is 69.6 Å². The van der Waals surface area contributed by atoms with Gasteiger partial charge in [-0.05, 0) is 30.7 Å². The molecule has 1 aromatic heterocycles. The molecule has 0 spiro atoms. The second-order valence-corrected chi connectivity index (χ2v) is 7.21. The van der Waals surface area contributed by atoms with E-state index in [1.54, 1.807) is 16.2 Å². The lowest BCUT2D eigenvalue weighted by Gasteiger charge is -2.25. The molecule has 2 heterocycles. The lowest BCUT2D eigenvalue weighted by molar-refractivity contribution is -0.138. The molecule has 0 radical (unpaired) electrons. The number of carbonyl (C=O) groups excluding carboxylic acids is 2. The van der Waals surface area contributed by atoms with Crippen molar-refractivity contribution in [3.8, 4) is 0 Å². The maximum Gasteiger partial charge on any atom is 0.243 e. The minimum atomic E-state index is -0.357. The van der Waals surface area contributed by atoms with E-state index >= 15 is 0 Å². The van der Waals surface area contributed by atoms with E-state index in [2.05, 4.69) is 5.32 Å². The van der Waals surface area contributed by atoms with Crippen LogP contribution in [0.15, 0.2) is 29.7 Å². The van der Waals surface area contributed by atoms with Crippen LogP contribution in [0.2, 0.25) is 0 Å². The zero-order valence-electron chi connectivity index (χ0n) is 13.0. The number of amides is 2. The van der Waals surface area contributed by atoms with E-state index < -0.39 is 0 Å². The van der Waals surface area contributed by atoms with Crippen LogP contribution in [0.4, 0.5) is 0 Å². The van der Waals surface area contributed by atoms with Gasteiger partial charge >= 0.3 is 0 Å². The highest BCUT2D eigenvalue weighted by atomic mass is 32.1. The summed E-state index contributed by atoms with van der Waals surface area (Å²) in [6, 6.07) is 3.50. The number of likely N-dealkylation sites (tertiary alicyclic amines) is 1. The molecular formula is C17H22N2O3S. The molecule has 2 aliphatic rings. The maximum atomic E-state index is 12.5. The lowest BCUT2D eigenvalue weighted by atomic mass is 10.1. The minimum Gasteiger partial charge on any atom is -0.396 e. The fourth-order valence-electron chi connectivity index (χ4n) is 3.30. The Labute approximate surface area is 140 Å². The summed E-state index contributed by atoms with van der Waals surface area (Å²) in [6.07, 6.45) is 6.58. The van der Waals surface area contributed by atoms with Gasteiger partial charge < -0.3 is 15.3 Å². The summed E-state index contributed by atoms with van der Waals surface area (Å²) in [5.74, 6) is 0.0796. The molecular weight excluding hydrogens is 312 g/mol. The quantitative estimate of drug-likeness (QED) is 0.798. The third-order valence-electron chi connectivity index (χ3n) is 4.52. The number of thiophene rings is 1. The van der Waals surface area contributed by atoms with Gasteiger partial charge in [0.25, 0.3) is 0 Å². The largest absolute Gasteiger partial charge is 0.396 e. The van der Waals surface area contributed by atoms with Gasteiger partial charge in [-0.3, -0.25) is 9.59 Å². The van der Waals surface area contributed by atoms with E-state index in [1.165, 1.54) is 0 Å². The maximum absolute atomic E-state index is 12.5. The van der Waals surface area contributed by atoms with Gasteiger partial charge in [-0.2, -0.15) is 0 Å². The van der Waals surface area contributed by atoms with Crippen molar-refractivity contribution in [2.75, 3.05) is 13.2 Å². The summed E-state index contributed by atoms with van der Waals surface area (Å²) in [6.45, 7) is 0.764. The van der Waals surface area contributed by atoms with Crippen LogP contribution < -0.4 is 5.32 Å². The smallest absolute Gasteiger partial charge is 0.243 e. The first-order valence-corrected chi connectivity index (χ1v) is 8.96. The molecule has 1 aromatic rings. The Morgan fingerprint density at radius 1 is 1.39 bits per heavy atom. The fourth-order valence-corrected chi connectivity index (χ4v) is 3.99. The average molecular weight is 334 g/mol. The van der Waals surface area contributed by atoms with Crippen LogP contribution in [-0.2, 0) is 16.0 Å². The zero-order chi connectivity index (χ0) is 16.2. The van der Waals surface area contributed by atoms with Crippen molar-refractivity contribution < 1.29 is 14.7 Å². The molecule has 3 atom stereocenters. The Morgan fingerprint density at radius 3 is 2.96 bits per heavy atom. The predicted molar refractivity (Wildman–Crippen MR) is 89.0 cm³/mol. The number of rotatable bonds is 5. The number of nitrogens with zero attached hydrogens (tertiary/aromatic N) is 1. The van der Waals surface area contributed by atoms with Crippen LogP contribution >= 0.6 is 11.3 Å². The molecule has 23 heavy (non-hydrogen) atoms. The van der Waals surface area contributed by atoms with Crippen molar-refractivity contribution in [1.82, 2.24) is 10.2 Å². The van der Waals surface area contributed by atoms with Gasteiger partial charge in [0.2, 0.25) is 11.8 Å². The SMILES string of the molecule is O=C(N[C@@H]1C=C[C@H](CO)C1)C1CCCN1C(=O)Cc1cccs1. The van der Waals surface area contributed by atoms with Crippen LogP contribution in [0.3, 0.4) is 0 Å². The summed E-state index contributed by atoms with van der Waals surface area (Å²) >= 11 is 1.57. The van der Waals surface area contributed by atoms with Crippen LogP contribution in [0.25, 0.3) is 0 Å². The first kappa shape index (κ1) is 16.2. The first-order valence-electron chi connectivity index (χ1n) is 8.09. The van der Waals surface area contributed by atoms with E-state index in [1.807, 2.05) is 29.7 Å². The Hall–Kier alpha value is -1.66. The number of hydrogen-bond donors (Lipinski definition) is 2. The fraction of sp³-hybridized carbons (Fsp3) is 0.529. The normalized spacial score (nSPS) is 26.7. The predicted octanol–water partition coefficient (Wildman–Crippen LogP) is 1.33. The van der Waals surface area contributed by atoms with E-state index in [9.17, 15) is 9.59 Å². The highest BCUT2D eigenvalue weighted by molar-refractivity contribution is 7.10. The Morgan fingerprint density at radius 2 is 2.26 bits per heavy atom. The molecule has 2 N–H and O–H groups in total. The molecule has 2 amide bonds. The molecule has 1 saturated heterocycles. The second-order valence-electron chi connectivity index (χ2n) is 6.18. The van der Waals surface area contributed by atoms with E-state index in [-0.39, 0.29) is 36.4 Å². The summed E-state index contributed by atoms with van der Waals surface area (Å²) in [5, 5.41) is 14.1.